The average Bonchev–Trinajstić information content (AvgIpc) is 2.15. The van der Waals surface area contributed by atoms with Crippen LogP contribution in [0.3, 0.4) is 0 Å². The van der Waals surface area contributed by atoms with Gasteiger partial charge in [0.25, 0.3) is 0 Å². The predicted molar refractivity (Wildman–Crippen MR) is 53.4 cm³/mol. The molecule has 0 saturated carbocycles. The number of anilines is 2. The van der Waals surface area contributed by atoms with Gasteiger partial charge in [0.05, 0.1) is 12.2 Å². The molecule has 0 bridgehead atoms. The fourth-order valence-corrected chi connectivity index (χ4v) is 1.08. The summed E-state index contributed by atoms with van der Waals surface area (Å²) in [6, 6.07) is 4.56. The lowest BCUT2D eigenvalue weighted by Gasteiger charge is -2.08. The van der Waals surface area contributed by atoms with Gasteiger partial charge in [-0.2, -0.15) is 0 Å². The highest BCUT2D eigenvalue weighted by molar-refractivity contribution is 5.95. The van der Waals surface area contributed by atoms with Crippen molar-refractivity contribution in [2.24, 2.45) is 0 Å². The summed E-state index contributed by atoms with van der Waals surface area (Å²) in [5.74, 6) is -1.04. The number of carboxylic acid groups (broad SMARTS) is 1. The van der Waals surface area contributed by atoms with Gasteiger partial charge in [-0.25, -0.2) is 4.79 Å². The lowest BCUT2D eigenvalue weighted by Crippen LogP contribution is -2.10. The highest BCUT2D eigenvalue weighted by atomic mass is 16.4. The molecule has 0 aliphatic rings. The zero-order chi connectivity index (χ0) is 10.6. The minimum Gasteiger partial charge on any atom is -0.478 e. The molecule has 0 atom stereocenters. The molecular weight excluding hydrogens is 184 g/mol. The molecule has 0 unspecified atom stereocenters. The van der Waals surface area contributed by atoms with E-state index in [9.17, 15) is 4.79 Å². The molecule has 1 aromatic rings. The fourth-order valence-electron chi connectivity index (χ4n) is 1.08. The summed E-state index contributed by atoms with van der Waals surface area (Å²) in [6.45, 7) is 0.258. The number of aromatic carboxylic acids is 1. The van der Waals surface area contributed by atoms with Crippen molar-refractivity contribution in [3.63, 3.8) is 0 Å². The Labute approximate surface area is 81.2 Å². The first kappa shape index (κ1) is 10.3. The van der Waals surface area contributed by atoms with Crippen molar-refractivity contribution < 1.29 is 15.0 Å². The van der Waals surface area contributed by atoms with E-state index in [4.69, 9.17) is 15.9 Å². The number of aliphatic hydroxyl groups is 1. The van der Waals surface area contributed by atoms with Gasteiger partial charge in [-0.05, 0) is 18.2 Å². The van der Waals surface area contributed by atoms with Gasteiger partial charge in [0.2, 0.25) is 0 Å². The number of benzene rings is 1. The quantitative estimate of drug-likeness (QED) is 0.522. The molecule has 0 amide bonds. The van der Waals surface area contributed by atoms with E-state index >= 15 is 0 Å². The molecule has 1 aromatic carbocycles. The van der Waals surface area contributed by atoms with Crippen LogP contribution in [0.15, 0.2) is 18.2 Å². The topological polar surface area (TPSA) is 95.6 Å². The van der Waals surface area contributed by atoms with Crippen LogP contribution in [0.1, 0.15) is 10.4 Å². The Balaban J connectivity index is 2.96. The number of nitrogens with two attached hydrogens (primary N) is 1. The first-order valence-electron chi connectivity index (χ1n) is 4.12. The van der Waals surface area contributed by atoms with Gasteiger partial charge in [0.1, 0.15) is 0 Å². The van der Waals surface area contributed by atoms with E-state index in [1.807, 2.05) is 0 Å². The van der Waals surface area contributed by atoms with E-state index in [1.54, 1.807) is 12.1 Å². The van der Waals surface area contributed by atoms with E-state index in [2.05, 4.69) is 5.32 Å². The van der Waals surface area contributed by atoms with Gasteiger partial charge in [0, 0.05) is 17.9 Å². The summed E-state index contributed by atoms with van der Waals surface area (Å²) in [4.78, 5) is 10.8. The SMILES string of the molecule is Nc1ccc(NCCO)c(C(=O)O)c1. The molecule has 0 fully saturated rings. The Morgan fingerprint density at radius 3 is 2.79 bits per heavy atom. The van der Waals surface area contributed by atoms with Crippen molar-refractivity contribution in [2.75, 3.05) is 24.2 Å². The second-order valence-electron chi connectivity index (χ2n) is 2.76. The summed E-state index contributed by atoms with van der Waals surface area (Å²) >= 11 is 0. The molecule has 0 aromatic heterocycles. The van der Waals surface area contributed by atoms with Crippen LogP contribution in [-0.2, 0) is 0 Å². The standard InChI is InChI=1S/C9H12N2O3/c10-6-1-2-8(11-3-4-12)7(5-6)9(13)14/h1-2,5,11-12H,3-4,10H2,(H,13,14). The summed E-state index contributed by atoms with van der Waals surface area (Å²) in [5, 5.41) is 20.2. The largest absolute Gasteiger partial charge is 0.478 e. The van der Waals surface area contributed by atoms with Crippen LogP contribution < -0.4 is 11.1 Å². The molecule has 0 aliphatic carbocycles. The van der Waals surface area contributed by atoms with Crippen LogP contribution in [0.25, 0.3) is 0 Å². The van der Waals surface area contributed by atoms with Crippen LogP contribution >= 0.6 is 0 Å². The monoisotopic (exact) mass is 196 g/mol. The van der Waals surface area contributed by atoms with Crippen LogP contribution in [-0.4, -0.2) is 29.3 Å². The molecule has 0 aliphatic heterocycles. The van der Waals surface area contributed by atoms with Gasteiger partial charge >= 0.3 is 5.97 Å². The Morgan fingerprint density at radius 2 is 2.21 bits per heavy atom. The summed E-state index contributed by atoms with van der Waals surface area (Å²) < 4.78 is 0. The van der Waals surface area contributed by atoms with E-state index in [0.717, 1.165) is 0 Å². The van der Waals surface area contributed by atoms with Crippen molar-refractivity contribution in [2.45, 2.75) is 0 Å². The predicted octanol–water partition coefficient (Wildman–Crippen LogP) is 0.371. The molecule has 76 valence electrons. The maximum absolute atomic E-state index is 10.8. The number of nitrogens with one attached hydrogen (secondary N) is 1. The molecule has 0 saturated heterocycles. The molecule has 5 heteroatoms. The smallest absolute Gasteiger partial charge is 0.337 e. The number of carboxylic acids is 1. The van der Waals surface area contributed by atoms with E-state index in [-0.39, 0.29) is 12.2 Å². The fraction of sp³-hybridized carbons (Fsp3) is 0.222. The number of hydrogen-bond donors (Lipinski definition) is 4. The molecule has 5 nitrogen and oxygen atoms in total. The zero-order valence-corrected chi connectivity index (χ0v) is 7.53. The summed E-state index contributed by atoms with van der Waals surface area (Å²) in [6.07, 6.45) is 0. The van der Waals surface area contributed by atoms with E-state index < -0.39 is 5.97 Å². The van der Waals surface area contributed by atoms with Gasteiger partial charge in [-0.3, -0.25) is 0 Å². The van der Waals surface area contributed by atoms with Crippen LogP contribution in [0, 0.1) is 0 Å². The van der Waals surface area contributed by atoms with Crippen LogP contribution in [0.2, 0.25) is 0 Å². The van der Waals surface area contributed by atoms with Gasteiger partial charge in [0.15, 0.2) is 0 Å². The third-order valence-corrected chi connectivity index (χ3v) is 1.70. The van der Waals surface area contributed by atoms with Gasteiger partial charge in [-0.1, -0.05) is 0 Å². The summed E-state index contributed by atoms with van der Waals surface area (Å²) in [5.41, 5.74) is 6.42. The minimum atomic E-state index is -1.04. The van der Waals surface area contributed by atoms with Crippen LogP contribution in [0.4, 0.5) is 11.4 Å². The Morgan fingerprint density at radius 1 is 1.50 bits per heavy atom. The lowest BCUT2D eigenvalue weighted by atomic mass is 10.1. The highest BCUT2D eigenvalue weighted by Gasteiger charge is 2.09. The number of hydrogen-bond acceptors (Lipinski definition) is 4. The van der Waals surface area contributed by atoms with Gasteiger partial charge in [-0.15, -0.1) is 0 Å². The number of nitrogen functional groups attached to an aromatic ring is 1. The summed E-state index contributed by atoms with van der Waals surface area (Å²) in [7, 11) is 0. The van der Waals surface area contributed by atoms with Gasteiger partial charge < -0.3 is 21.3 Å². The molecule has 14 heavy (non-hydrogen) atoms. The first-order chi connectivity index (χ1) is 6.65. The molecule has 5 N–H and O–H groups in total. The number of carbonyl (C=O) groups is 1. The maximum atomic E-state index is 10.8. The van der Waals surface area contributed by atoms with Crippen molar-refractivity contribution in [1.29, 1.82) is 0 Å². The van der Waals surface area contributed by atoms with Crippen LogP contribution in [0.5, 0.6) is 0 Å². The normalized spacial score (nSPS) is 9.79. The number of aliphatic hydroxyl groups excluding tert-OH is 1. The zero-order valence-electron chi connectivity index (χ0n) is 7.53. The van der Waals surface area contributed by atoms with Crippen molar-refractivity contribution in [3.8, 4) is 0 Å². The Kier molecular flexibility index (Phi) is 3.30. The Hall–Kier alpha value is -1.75. The lowest BCUT2D eigenvalue weighted by molar-refractivity contribution is 0.0698. The molecule has 0 heterocycles. The second-order valence-corrected chi connectivity index (χ2v) is 2.76. The highest BCUT2D eigenvalue weighted by Crippen LogP contribution is 2.18. The van der Waals surface area contributed by atoms with E-state index in [0.29, 0.717) is 17.9 Å². The third-order valence-electron chi connectivity index (χ3n) is 1.70. The molecular formula is C9H12N2O3. The minimum absolute atomic E-state index is 0.0521. The third kappa shape index (κ3) is 2.37. The van der Waals surface area contributed by atoms with E-state index in [1.165, 1.54) is 6.07 Å². The molecule has 1 rings (SSSR count). The number of rotatable bonds is 4. The van der Waals surface area contributed by atoms with Crippen molar-refractivity contribution in [1.82, 2.24) is 0 Å². The van der Waals surface area contributed by atoms with Crippen molar-refractivity contribution >= 4 is 17.3 Å². The first-order valence-corrected chi connectivity index (χ1v) is 4.12. The molecule has 0 radical (unpaired) electrons. The maximum Gasteiger partial charge on any atom is 0.337 e. The molecule has 0 spiro atoms. The second kappa shape index (κ2) is 4.48. The Bertz CT molecular complexity index is 339. The average molecular weight is 196 g/mol. The van der Waals surface area contributed by atoms with Crippen molar-refractivity contribution in [3.05, 3.63) is 23.8 Å².